The SMILES string of the molecule is C=C/C=C(/C#N)NC. The number of hydrogen-bond acceptors (Lipinski definition) is 2. The van der Waals surface area contributed by atoms with E-state index in [0.717, 1.165) is 0 Å². The molecule has 0 saturated carbocycles. The van der Waals surface area contributed by atoms with E-state index in [1.807, 2.05) is 6.07 Å². The summed E-state index contributed by atoms with van der Waals surface area (Å²) in [5, 5.41) is 10.9. The zero-order valence-corrected chi connectivity index (χ0v) is 4.81. The largest absolute Gasteiger partial charge is 0.380 e. The first-order chi connectivity index (χ1) is 3.85. The van der Waals surface area contributed by atoms with Crippen molar-refractivity contribution in [1.82, 2.24) is 5.32 Å². The maximum Gasteiger partial charge on any atom is 0.117 e. The summed E-state index contributed by atoms with van der Waals surface area (Å²) < 4.78 is 0. The van der Waals surface area contributed by atoms with Crippen molar-refractivity contribution >= 4 is 0 Å². The Morgan fingerprint density at radius 1 is 1.88 bits per heavy atom. The first-order valence-corrected chi connectivity index (χ1v) is 2.25. The van der Waals surface area contributed by atoms with Crippen LogP contribution in [-0.4, -0.2) is 7.05 Å². The first-order valence-electron chi connectivity index (χ1n) is 2.25. The minimum Gasteiger partial charge on any atom is -0.380 e. The molecule has 0 aromatic carbocycles. The van der Waals surface area contributed by atoms with Crippen molar-refractivity contribution in [1.29, 1.82) is 5.26 Å². The monoisotopic (exact) mass is 108 g/mol. The second-order valence-electron chi connectivity index (χ2n) is 1.18. The minimum absolute atomic E-state index is 0.528. The summed E-state index contributed by atoms with van der Waals surface area (Å²) in [5.74, 6) is 0. The van der Waals surface area contributed by atoms with Crippen LogP contribution in [0, 0.1) is 11.3 Å². The molecular weight excluding hydrogens is 100 g/mol. The van der Waals surface area contributed by atoms with Crippen molar-refractivity contribution in [2.75, 3.05) is 7.05 Å². The quantitative estimate of drug-likeness (QED) is 0.419. The van der Waals surface area contributed by atoms with Gasteiger partial charge in [-0.05, 0) is 6.08 Å². The Labute approximate surface area is 49.1 Å². The van der Waals surface area contributed by atoms with Gasteiger partial charge in [-0.25, -0.2) is 0 Å². The fourth-order valence-electron chi connectivity index (χ4n) is 0.294. The summed E-state index contributed by atoms with van der Waals surface area (Å²) in [6.45, 7) is 3.43. The molecule has 0 aromatic heterocycles. The maximum absolute atomic E-state index is 8.23. The van der Waals surface area contributed by atoms with Crippen LogP contribution in [0.5, 0.6) is 0 Å². The molecule has 0 rings (SSSR count). The normalized spacial score (nSPS) is 9.75. The van der Waals surface area contributed by atoms with Gasteiger partial charge < -0.3 is 5.32 Å². The van der Waals surface area contributed by atoms with Gasteiger partial charge in [0.15, 0.2) is 0 Å². The van der Waals surface area contributed by atoms with Crippen LogP contribution in [0.3, 0.4) is 0 Å². The fourth-order valence-corrected chi connectivity index (χ4v) is 0.294. The Morgan fingerprint density at radius 3 is 2.62 bits per heavy atom. The molecule has 2 nitrogen and oxygen atoms in total. The van der Waals surface area contributed by atoms with Crippen molar-refractivity contribution in [2.24, 2.45) is 0 Å². The van der Waals surface area contributed by atoms with Crippen molar-refractivity contribution in [3.63, 3.8) is 0 Å². The molecule has 8 heavy (non-hydrogen) atoms. The molecule has 0 spiro atoms. The third kappa shape index (κ3) is 2.04. The fraction of sp³-hybridized carbons (Fsp3) is 0.167. The van der Waals surface area contributed by atoms with E-state index in [2.05, 4.69) is 11.9 Å². The average Bonchev–Trinajstić information content (AvgIpc) is 1.83. The number of rotatable bonds is 2. The summed E-state index contributed by atoms with van der Waals surface area (Å²) in [4.78, 5) is 0. The summed E-state index contributed by atoms with van der Waals surface area (Å²) >= 11 is 0. The Bertz CT molecular complexity index is 139. The highest BCUT2D eigenvalue weighted by molar-refractivity contribution is 5.22. The molecule has 0 radical (unpaired) electrons. The smallest absolute Gasteiger partial charge is 0.117 e. The Hall–Kier alpha value is -1.23. The van der Waals surface area contributed by atoms with E-state index in [4.69, 9.17) is 5.26 Å². The van der Waals surface area contributed by atoms with Gasteiger partial charge in [0.2, 0.25) is 0 Å². The zero-order chi connectivity index (χ0) is 6.41. The number of nitrogens with one attached hydrogen (secondary N) is 1. The van der Waals surface area contributed by atoms with Crippen LogP contribution in [0.2, 0.25) is 0 Å². The van der Waals surface area contributed by atoms with Crippen LogP contribution in [-0.2, 0) is 0 Å². The van der Waals surface area contributed by atoms with E-state index in [0.29, 0.717) is 5.70 Å². The standard InChI is InChI=1S/C6H8N2/c1-3-4-6(5-7)8-2/h3-4,8H,1H2,2H3/b6-4-. The van der Waals surface area contributed by atoms with Gasteiger partial charge in [-0.2, -0.15) is 5.26 Å². The van der Waals surface area contributed by atoms with E-state index in [1.165, 1.54) is 0 Å². The molecule has 0 aliphatic rings. The number of allylic oxidation sites excluding steroid dienone is 3. The molecule has 1 N–H and O–H groups in total. The lowest BCUT2D eigenvalue weighted by molar-refractivity contribution is 1.04. The summed E-state index contributed by atoms with van der Waals surface area (Å²) in [6.07, 6.45) is 3.18. The van der Waals surface area contributed by atoms with Gasteiger partial charge >= 0.3 is 0 Å². The highest BCUT2D eigenvalue weighted by Gasteiger charge is 1.80. The van der Waals surface area contributed by atoms with Crippen molar-refractivity contribution in [2.45, 2.75) is 0 Å². The maximum atomic E-state index is 8.23. The lowest BCUT2D eigenvalue weighted by Crippen LogP contribution is -2.01. The van der Waals surface area contributed by atoms with Gasteiger partial charge in [0.1, 0.15) is 11.8 Å². The Kier molecular flexibility index (Phi) is 3.34. The van der Waals surface area contributed by atoms with Gasteiger partial charge in [0, 0.05) is 7.05 Å². The molecule has 0 heterocycles. The Morgan fingerprint density at radius 2 is 2.50 bits per heavy atom. The van der Waals surface area contributed by atoms with Crippen LogP contribution in [0.1, 0.15) is 0 Å². The third-order valence-corrected chi connectivity index (χ3v) is 0.674. The van der Waals surface area contributed by atoms with Gasteiger partial charge in [-0.15, -0.1) is 0 Å². The molecule has 0 unspecified atom stereocenters. The molecule has 0 amide bonds. The predicted molar refractivity (Wildman–Crippen MR) is 33.0 cm³/mol. The van der Waals surface area contributed by atoms with Gasteiger partial charge in [-0.1, -0.05) is 12.7 Å². The minimum atomic E-state index is 0.528. The topological polar surface area (TPSA) is 35.8 Å². The highest BCUT2D eigenvalue weighted by Crippen LogP contribution is 1.81. The van der Waals surface area contributed by atoms with Gasteiger partial charge in [0.05, 0.1) is 0 Å². The zero-order valence-electron chi connectivity index (χ0n) is 4.81. The molecule has 0 bridgehead atoms. The van der Waals surface area contributed by atoms with E-state index < -0.39 is 0 Å². The Balaban J connectivity index is 3.91. The lowest BCUT2D eigenvalue weighted by Gasteiger charge is -1.88. The second kappa shape index (κ2) is 3.94. The molecule has 0 aliphatic carbocycles. The molecule has 0 aliphatic heterocycles. The van der Waals surface area contributed by atoms with Gasteiger partial charge in [-0.3, -0.25) is 0 Å². The van der Waals surface area contributed by atoms with Crippen LogP contribution in [0.15, 0.2) is 24.4 Å². The van der Waals surface area contributed by atoms with Crippen LogP contribution < -0.4 is 5.32 Å². The number of nitrogens with zero attached hydrogens (tertiary/aromatic N) is 1. The van der Waals surface area contributed by atoms with Crippen LogP contribution in [0.25, 0.3) is 0 Å². The van der Waals surface area contributed by atoms with E-state index in [9.17, 15) is 0 Å². The van der Waals surface area contributed by atoms with E-state index >= 15 is 0 Å². The molecule has 0 aromatic rings. The lowest BCUT2D eigenvalue weighted by atomic mass is 10.4. The summed E-state index contributed by atoms with van der Waals surface area (Å²) in [6, 6.07) is 1.93. The number of nitriles is 1. The molecule has 42 valence electrons. The van der Waals surface area contributed by atoms with Crippen molar-refractivity contribution < 1.29 is 0 Å². The van der Waals surface area contributed by atoms with E-state index in [-0.39, 0.29) is 0 Å². The summed E-state index contributed by atoms with van der Waals surface area (Å²) in [7, 11) is 1.69. The molecule has 2 heteroatoms. The van der Waals surface area contributed by atoms with E-state index in [1.54, 1.807) is 19.2 Å². The molecular formula is C6H8N2. The van der Waals surface area contributed by atoms with Crippen molar-refractivity contribution in [3.05, 3.63) is 24.4 Å². The number of hydrogen-bond donors (Lipinski definition) is 1. The molecule has 0 atom stereocenters. The van der Waals surface area contributed by atoms with Crippen LogP contribution >= 0.6 is 0 Å². The average molecular weight is 108 g/mol. The van der Waals surface area contributed by atoms with Gasteiger partial charge in [0.25, 0.3) is 0 Å². The highest BCUT2D eigenvalue weighted by atomic mass is 14.8. The summed E-state index contributed by atoms with van der Waals surface area (Å²) in [5.41, 5.74) is 0.528. The first kappa shape index (κ1) is 6.77. The van der Waals surface area contributed by atoms with Crippen molar-refractivity contribution in [3.8, 4) is 6.07 Å². The predicted octanol–water partition coefficient (Wildman–Crippen LogP) is 0.799. The second-order valence-corrected chi connectivity index (χ2v) is 1.18. The molecule has 0 saturated heterocycles. The molecule has 0 fully saturated rings. The third-order valence-electron chi connectivity index (χ3n) is 0.674. The van der Waals surface area contributed by atoms with Crippen LogP contribution in [0.4, 0.5) is 0 Å².